The number of hydrogen-bond acceptors (Lipinski definition) is 5. The predicted molar refractivity (Wildman–Crippen MR) is 107 cm³/mol. The lowest BCUT2D eigenvalue weighted by Gasteiger charge is -2.12. The number of hydrazine groups is 1. The van der Waals surface area contributed by atoms with E-state index in [-0.39, 0.29) is 6.61 Å². The summed E-state index contributed by atoms with van der Waals surface area (Å²) < 4.78 is 11.2. The van der Waals surface area contributed by atoms with Gasteiger partial charge >= 0.3 is 11.8 Å². The van der Waals surface area contributed by atoms with Crippen LogP contribution in [0.4, 0.5) is 5.69 Å². The van der Waals surface area contributed by atoms with Crippen molar-refractivity contribution in [1.29, 1.82) is 0 Å². The molecule has 0 unspecified atom stereocenters. The molecule has 0 aliphatic heterocycles. The number of halogens is 1. The topological polar surface area (TPSA) is 106 Å². The number of amides is 3. The molecule has 2 rings (SSSR count). The molecule has 0 radical (unpaired) electrons. The minimum absolute atomic E-state index is 0.338. The molecule has 3 amide bonds. The molecular weight excluding hydrogens is 430 g/mol. The Morgan fingerprint density at radius 1 is 0.929 bits per heavy atom. The lowest BCUT2D eigenvalue weighted by atomic mass is 10.2. The second-order valence-electron chi connectivity index (χ2n) is 5.88. The van der Waals surface area contributed by atoms with E-state index in [4.69, 9.17) is 9.47 Å². The number of anilines is 1. The molecule has 0 aromatic heterocycles. The standard InChI is InChI=1S/C19H20BrN3O5/c1-11-4-6-15(13(20)8-11)28-10-17(24)22-23-19(26)18(25)21-14-9-12(2)5-7-16(14)27-3/h4-9H,10H2,1-3H3,(H,21,25)(H,22,24)(H,23,26). The second-order valence-corrected chi connectivity index (χ2v) is 6.74. The summed E-state index contributed by atoms with van der Waals surface area (Å²) in [6.07, 6.45) is 0. The quantitative estimate of drug-likeness (QED) is 0.479. The molecule has 0 spiro atoms. The molecule has 0 fully saturated rings. The Bertz CT molecular complexity index is 901. The minimum atomic E-state index is -1.03. The molecule has 0 heterocycles. The number of rotatable bonds is 5. The molecule has 148 valence electrons. The van der Waals surface area contributed by atoms with Gasteiger partial charge in [-0.15, -0.1) is 0 Å². The molecule has 3 N–H and O–H groups in total. The summed E-state index contributed by atoms with van der Waals surface area (Å²) >= 11 is 3.34. The van der Waals surface area contributed by atoms with Crippen molar-refractivity contribution in [2.24, 2.45) is 0 Å². The third-order valence-corrected chi connectivity index (χ3v) is 4.19. The van der Waals surface area contributed by atoms with Crippen LogP contribution in [0, 0.1) is 13.8 Å². The van der Waals surface area contributed by atoms with Crippen LogP contribution in [0.25, 0.3) is 0 Å². The Hall–Kier alpha value is -3.07. The second kappa shape index (κ2) is 9.75. The summed E-state index contributed by atoms with van der Waals surface area (Å²) in [5.74, 6) is -1.72. The fraction of sp³-hybridized carbons (Fsp3) is 0.211. The van der Waals surface area contributed by atoms with Crippen LogP contribution in [0.2, 0.25) is 0 Å². The van der Waals surface area contributed by atoms with Gasteiger partial charge in [0.2, 0.25) is 0 Å². The van der Waals surface area contributed by atoms with Crippen molar-refractivity contribution in [2.75, 3.05) is 19.0 Å². The first kappa shape index (κ1) is 21.2. The summed E-state index contributed by atoms with van der Waals surface area (Å²) in [5, 5.41) is 2.43. The lowest BCUT2D eigenvalue weighted by Crippen LogP contribution is -2.48. The van der Waals surface area contributed by atoms with Crippen molar-refractivity contribution in [2.45, 2.75) is 13.8 Å². The Labute approximate surface area is 170 Å². The Morgan fingerprint density at radius 2 is 1.57 bits per heavy atom. The normalized spacial score (nSPS) is 10.0. The zero-order chi connectivity index (χ0) is 20.7. The van der Waals surface area contributed by atoms with Crippen LogP contribution in [-0.4, -0.2) is 31.4 Å². The summed E-state index contributed by atoms with van der Waals surface area (Å²) in [6.45, 7) is 3.42. The summed E-state index contributed by atoms with van der Waals surface area (Å²) in [7, 11) is 1.45. The maximum atomic E-state index is 12.0. The Balaban J connectivity index is 1.83. The first-order chi connectivity index (χ1) is 13.3. The fourth-order valence-corrected chi connectivity index (χ4v) is 2.79. The minimum Gasteiger partial charge on any atom is -0.495 e. The molecule has 8 nitrogen and oxygen atoms in total. The maximum Gasteiger partial charge on any atom is 0.328 e. The van der Waals surface area contributed by atoms with Crippen LogP contribution in [-0.2, 0) is 14.4 Å². The highest BCUT2D eigenvalue weighted by Crippen LogP contribution is 2.26. The van der Waals surface area contributed by atoms with Crippen molar-refractivity contribution < 1.29 is 23.9 Å². The molecule has 0 atom stereocenters. The average Bonchev–Trinajstić information content (AvgIpc) is 2.65. The fourth-order valence-electron chi connectivity index (χ4n) is 2.18. The number of aryl methyl sites for hydroxylation is 2. The number of carbonyl (C=O) groups is 3. The van der Waals surface area contributed by atoms with Crippen LogP contribution in [0.3, 0.4) is 0 Å². The number of ether oxygens (including phenoxy) is 2. The lowest BCUT2D eigenvalue weighted by molar-refractivity contribution is -0.138. The van der Waals surface area contributed by atoms with Gasteiger partial charge < -0.3 is 14.8 Å². The molecule has 0 saturated carbocycles. The molecule has 0 aliphatic carbocycles. The van der Waals surface area contributed by atoms with E-state index in [1.807, 2.05) is 31.4 Å². The molecule has 9 heteroatoms. The van der Waals surface area contributed by atoms with E-state index in [0.717, 1.165) is 11.1 Å². The number of carbonyl (C=O) groups excluding carboxylic acids is 3. The van der Waals surface area contributed by atoms with Crippen LogP contribution in [0.15, 0.2) is 40.9 Å². The highest BCUT2D eigenvalue weighted by Gasteiger charge is 2.17. The van der Waals surface area contributed by atoms with Gasteiger partial charge in [-0.05, 0) is 65.2 Å². The average molecular weight is 450 g/mol. The summed E-state index contributed by atoms with van der Waals surface area (Å²) in [4.78, 5) is 35.7. The highest BCUT2D eigenvalue weighted by molar-refractivity contribution is 9.10. The molecule has 2 aromatic carbocycles. The number of nitrogens with one attached hydrogen (secondary N) is 3. The van der Waals surface area contributed by atoms with Gasteiger partial charge in [0.05, 0.1) is 17.3 Å². The van der Waals surface area contributed by atoms with Gasteiger partial charge in [-0.25, -0.2) is 0 Å². The van der Waals surface area contributed by atoms with Gasteiger partial charge in [0.25, 0.3) is 5.91 Å². The smallest absolute Gasteiger partial charge is 0.328 e. The molecule has 0 aliphatic rings. The predicted octanol–water partition coefficient (Wildman–Crippen LogP) is 2.24. The third kappa shape index (κ3) is 5.98. The number of benzene rings is 2. The molecule has 0 saturated heterocycles. The SMILES string of the molecule is COc1ccc(C)cc1NC(=O)C(=O)NNC(=O)COc1ccc(C)cc1Br. The van der Waals surface area contributed by atoms with Gasteiger partial charge in [-0.3, -0.25) is 25.2 Å². The summed E-state index contributed by atoms with van der Waals surface area (Å²) in [5.41, 5.74) is 6.41. The van der Waals surface area contributed by atoms with Gasteiger partial charge in [0.15, 0.2) is 6.61 Å². The molecule has 28 heavy (non-hydrogen) atoms. The van der Waals surface area contributed by atoms with Crippen molar-refractivity contribution in [3.8, 4) is 11.5 Å². The van der Waals surface area contributed by atoms with Crippen LogP contribution in [0.1, 0.15) is 11.1 Å². The zero-order valence-corrected chi connectivity index (χ0v) is 17.2. The maximum absolute atomic E-state index is 12.0. The van der Waals surface area contributed by atoms with Crippen molar-refractivity contribution in [3.63, 3.8) is 0 Å². The number of hydrogen-bond donors (Lipinski definition) is 3. The van der Waals surface area contributed by atoms with Gasteiger partial charge in [0, 0.05) is 0 Å². The first-order valence-corrected chi connectivity index (χ1v) is 9.03. The monoisotopic (exact) mass is 449 g/mol. The molecule has 0 bridgehead atoms. The van der Waals surface area contributed by atoms with Gasteiger partial charge in [-0.1, -0.05) is 12.1 Å². The van der Waals surface area contributed by atoms with E-state index < -0.39 is 17.7 Å². The molecule has 2 aromatic rings. The van der Waals surface area contributed by atoms with Crippen LogP contribution >= 0.6 is 15.9 Å². The van der Waals surface area contributed by atoms with E-state index in [2.05, 4.69) is 26.7 Å². The first-order valence-electron chi connectivity index (χ1n) is 8.24. The zero-order valence-electron chi connectivity index (χ0n) is 15.6. The van der Waals surface area contributed by atoms with E-state index in [1.165, 1.54) is 7.11 Å². The van der Waals surface area contributed by atoms with Crippen molar-refractivity contribution in [3.05, 3.63) is 52.0 Å². The van der Waals surface area contributed by atoms with Crippen molar-refractivity contribution >= 4 is 39.3 Å². The summed E-state index contributed by atoms with van der Waals surface area (Å²) in [6, 6.07) is 10.5. The highest BCUT2D eigenvalue weighted by atomic mass is 79.9. The number of methoxy groups -OCH3 is 1. The van der Waals surface area contributed by atoms with E-state index in [0.29, 0.717) is 21.7 Å². The van der Waals surface area contributed by atoms with E-state index in [9.17, 15) is 14.4 Å². The van der Waals surface area contributed by atoms with Crippen LogP contribution in [0.5, 0.6) is 11.5 Å². The third-order valence-electron chi connectivity index (χ3n) is 3.57. The van der Waals surface area contributed by atoms with Crippen LogP contribution < -0.4 is 25.6 Å². The van der Waals surface area contributed by atoms with Crippen molar-refractivity contribution in [1.82, 2.24) is 10.9 Å². The largest absolute Gasteiger partial charge is 0.495 e. The van der Waals surface area contributed by atoms with Gasteiger partial charge in [-0.2, -0.15) is 0 Å². The molecular formula is C19H20BrN3O5. The van der Waals surface area contributed by atoms with E-state index >= 15 is 0 Å². The van der Waals surface area contributed by atoms with E-state index in [1.54, 1.807) is 24.3 Å². The van der Waals surface area contributed by atoms with Gasteiger partial charge in [0.1, 0.15) is 11.5 Å². The Kier molecular flexibility index (Phi) is 7.39. The Morgan fingerprint density at radius 3 is 2.21 bits per heavy atom.